The Bertz CT molecular complexity index is 423. The van der Waals surface area contributed by atoms with E-state index in [0.717, 1.165) is 32.5 Å². The zero-order valence-corrected chi connectivity index (χ0v) is 12.4. The molecule has 2 N–H and O–H groups in total. The molecule has 108 valence electrons. The molecular formula is C15H27N3O. The van der Waals surface area contributed by atoms with Crippen LogP contribution in [0.15, 0.2) is 29.2 Å². The number of hydrogen-bond acceptors (Lipinski definition) is 3. The number of rotatable bonds is 8. The lowest BCUT2D eigenvalue weighted by Crippen LogP contribution is -2.52. The maximum Gasteiger partial charge on any atom is 0.250 e. The SMILES string of the molecule is CCCN(CCn1ccccc1=O)C(C)(CC)CN. The van der Waals surface area contributed by atoms with Crippen molar-refractivity contribution in [2.24, 2.45) is 5.73 Å². The fourth-order valence-electron chi connectivity index (χ4n) is 2.29. The highest BCUT2D eigenvalue weighted by atomic mass is 16.1. The third-order valence-electron chi connectivity index (χ3n) is 3.97. The van der Waals surface area contributed by atoms with Crippen LogP contribution in [0, 0.1) is 0 Å². The number of nitrogens with zero attached hydrogens (tertiary/aromatic N) is 2. The predicted octanol–water partition coefficient (Wildman–Crippen LogP) is 1.69. The van der Waals surface area contributed by atoms with Crippen LogP contribution in [-0.2, 0) is 6.54 Å². The molecule has 0 aliphatic rings. The minimum Gasteiger partial charge on any atom is -0.329 e. The summed E-state index contributed by atoms with van der Waals surface area (Å²) in [5, 5.41) is 0. The second-order valence-electron chi connectivity index (χ2n) is 5.27. The number of pyridine rings is 1. The van der Waals surface area contributed by atoms with E-state index in [1.54, 1.807) is 16.7 Å². The van der Waals surface area contributed by atoms with E-state index >= 15 is 0 Å². The van der Waals surface area contributed by atoms with Crippen LogP contribution in [0.25, 0.3) is 0 Å². The van der Waals surface area contributed by atoms with Crippen LogP contribution in [0.5, 0.6) is 0 Å². The zero-order valence-electron chi connectivity index (χ0n) is 12.4. The van der Waals surface area contributed by atoms with Gasteiger partial charge in [0.2, 0.25) is 0 Å². The summed E-state index contributed by atoms with van der Waals surface area (Å²) in [6.45, 7) is 9.79. The van der Waals surface area contributed by atoms with Crippen molar-refractivity contribution in [2.45, 2.75) is 45.7 Å². The van der Waals surface area contributed by atoms with Crippen molar-refractivity contribution >= 4 is 0 Å². The van der Waals surface area contributed by atoms with Gasteiger partial charge in [-0.2, -0.15) is 0 Å². The molecule has 0 saturated heterocycles. The highest BCUT2D eigenvalue weighted by Gasteiger charge is 2.27. The van der Waals surface area contributed by atoms with E-state index in [1.165, 1.54) is 0 Å². The van der Waals surface area contributed by atoms with Crippen molar-refractivity contribution in [2.75, 3.05) is 19.6 Å². The Kier molecular flexibility index (Phi) is 6.25. The number of aromatic nitrogens is 1. The van der Waals surface area contributed by atoms with Crippen LogP contribution >= 0.6 is 0 Å². The van der Waals surface area contributed by atoms with Crippen LogP contribution in [0.3, 0.4) is 0 Å². The molecular weight excluding hydrogens is 238 g/mol. The van der Waals surface area contributed by atoms with E-state index in [9.17, 15) is 4.79 Å². The molecule has 0 aliphatic heterocycles. The smallest absolute Gasteiger partial charge is 0.250 e. The van der Waals surface area contributed by atoms with Gasteiger partial charge in [0.1, 0.15) is 0 Å². The Hall–Kier alpha value is -1.13. The molecule has 1 aromatic rings. The van der Waals surface area contributed by atoms with Crippen molar-refractivity contribution in [3.05, 3.63) is 34.7 Å². The van der Waals surface area contributed by atoms with E-state index in [0.29, 0.717) is 6.54 Å². The maximum atomic E-state index is 11.7. The maximum absolute atomic E-state index is 11.7. The molecule has 1 heterocycles. The van der Waals surface area contributed by atoms with Gasteiger partial charge in [0.15, 0.2) is 0 Å². The summed E-state index contributed by atoms with van der Waals surface area (Å²) in [4.78, 5) is 14.1. The van der Waals surface area contributed by atoms with Crippen LogP contribution in [0.1, 0.15) is 33.6 Å². The van der Waals surface area contributed by atoms with Gasteiger partial charge < -0.3 is 10.3 Å². The second-order valence-corrected chi connectivity index (χ2v) is 5.27. The summed E-state index contributed by atoms with van der Waals surface area (Å²) in [5.74, 6) is 0. The quantitative estimate of drug-likeness (QED) is 0.778. The molecule has 0 aliphatic carbocycles. The van der Waals surface area contributed by atoms with Gasteiger partial charge in [-0.3, -0.25) is 9.69 Å². The van der Waals surface area contributed by atoms with E-state index in [2.05, 4.69) is 25.7 Å². The molecule has 0 bridgehead atoms. The molecule has 0 radical (unpaired) electrons. The summed E-state index contributed by atoms with van der Waals surface area (Å²) in [5.41, 5.74) is 6.02. The van der Waals surface area contributed by atoms with Crippen molar-refractivity contribution < 1.29 is 0 Å². The Morgan fingerprint density at radius 3 is 2.58 bits per heavy atom. The topological polar surface area (TPSA) is 51.3 Å². The Morgan fingerprint density at radius 1 is 1.32 bits per heavy atom. The van der Waals surface area contributed by atoms with Gasteiger partial charge in [-0.15, -0.1) is 0 Å². The molecule has 1 rings (SSSR count). The van der Waals surface area contributed by atoms with Crippen molar-refractivity contribution in [3.8, 4) is 0 Å². The fourth-order valence-corrected chi connectivity index (χ4v) is 2.29. The molecule has 19 heavy (non-hydrogen) atoms. The largest absolute Gasteiger partial charge is 0.329 e. The lowest BCUT2D eigenvalue weighted by molar-refractivity contribution is 0.101. The first-order valence-corrected chi connectivity index (χ1v) is 7.18. The van der Waals surface area contributed by atoms with Crippen LogP contribution in [0.4, 0.5) is 0 Å². The van der Waals surface area contributed by atoms with Crippen molar-refractivity contribution in [1.29, 1.82) is 0 Å². The highest BCUT2D eigenvalue weighted by molar-refractivity contribution is 4.93. The zero-order chi connectivity index (χ0) is 14.3. The van der Waals surface area contributed by atoms with Gasteiger partial charge in [0.05, 0.1) is 0 Å². The van der Waals surface area contributed by atoms with Gasteiger partial charge in [0, 0.05) is 37.4 Å². The van der Waals surface area contributed by atoms with Crippen LogP contribution < -0.4 is 11.3 Å². The summed E-state index contributed by atoms with van der Waals surface area (Å²) in [7, 11) is 0. The molecule has 0 fully saturated rings. The minimum atomic E-state index is 0.0222. The van der Waals surface area contributed by atoms with Gasteiger partial charge in [-0.05, 0) is 32.4 Å². The summed E-state index contributed by atoms with van der Waals surface area (Å²) in [6, 6.07) is 5.28. The Morgan fingerprint density at radius 2 is 2.05 bits per heavy atom. The van der Waals surface area contributed by atoms with Gasteiger partial charge >= 0.3 is 0 Å². The van der Waals surface area contributed by atoms with Gasteiger partial charge in [-0.1, -0.05) is 19.9 Å². The third-order valence-corrected chi connectivity index (χ3v) is 3.97. The molecule has 0 aromatic carbocycles. The predicted molar refractivity (Wildman–Crippen MR) is 80.3 cm³/mol. The normalized spacial score (nSPS) is 14.6. The summed E-state index contributed by atoms with van der Waals surface area (Å²) < 4.78 is 1.76. The minimum absolute atomic E-state index is 0.0222. The first kappa shape index (κ1) is 15.9. The second kappa shape index (κ2) is 7.46. The molecule has 0 amide bonds. The first-order chi connectivity index (χ1) is 9.07. The number of hydrogen-bond donors (Lipinski definition) is 1. The summed E-state index contributed by atoms with van der Waals surface area (Å²) >= 11 is 0. The van der Waals surface area contributed by atoms with Crippen molar-refractivity contribution in [3.63, 3.8) is 0 Å². The molecule has 4 nitrogen and oxygen atoms in total. The Balaban J connectivity index is 2.75. The lowest BCUT2D eigenvalue weighted by atomic mass is 9.96. The van der Waals surface area contributed by atoms with Crippen LogP contribution in [0.2, 0.25) is 0 Å². The van der Waals surface area contributed by atoms with Gasteiger partial charge in [-0.25, -0.2) is 0 Å². The van der Waals surface area contributed by atoms with Crippen LogP contribution in [-0.4, -0.2) is 34.6 Å². The average Bonchev–Trinajstić information content (AvgIpc) is 2.44. The molecule has 1 unspecified atom stereocenters. The van der Waals surface area contributed by atoms with E-state index in [4.69, 9.17) is 5.73 Å². The third kappa shape index (κ3) is 4.18. The number of nitrogens with two attached hydrogens (primary N) is 1. The molecule has 0 saturated carbocycles. The van der Waals surface area contributed by atoms with Gasteiger partial charge in [0.25, 0.3) is 5.56 Å². The van der Waals surface area contributed by atoms with E-state index in [1.807, 2.05) is 12.3 Å². The lowest BCUT2D eigenvalue weighted by Gasteiger charge is -2.40. The monoisotopic (exact) mass is 265 g/mol. The van der Waals surface area contributed by atoms with Crippen molar-refractivity contribution in [1.82, 2.24) is 9.47 Å². The molecule has 1 aromatic heterocycles. The Labute approximate surface area is 116 Å². The first-order valence-electron chi connectivity index (χ1n) is 7.18. The average molecular weight is 265 g/mol. The summed E-state index contributed by atoms with van der Waals surface area (Å²) in [6.07, 6.45) is 3.96. The standard InChI is InChI=1S/C15H27N3O/c1-4-9-18(15(3,5-2)13-16)12-11-17-10-7-6-8-14(17)19/h6-8,10H,4-5,9,11-13,16H2,1-3H3. The van der Waals surface area contributed by atoms with E-state index < -0.39 is 0 Å². The van der Waals surface area contributed by atoms with E-state index in [-0.39, 0.29) is 11.1 Å². The fraction of sp³-hybridized carbons (Fsp3) is 0.667. The molecule has 4 heteroatoms. The molecule has 1 atom stereocenters. The molecule has 0 spiro atoms. The highest BCUT2D eigenvalue weighted by Crippen LogP contribution is 2.18.